The van der Waals surface area contributed by atoms with Gasteiger partial charge in [-0.05, 0) is 43.0 Å². The summed E-state index contributed by atoms with van der Waals surface area (Å²) in [5.41, 5.74) is 0.291. The van der Waals surface area contributed by atoms with E-state index in [2.05, 4.69) is 10.4 Å². The van der Waals surface area contributed by atoms with Gasteiger partial charge in [0.05, 0.1) is 24.3 Å². The fourth-order valence-corrected chi connectivity index (χ4v) is 4.70. The zero-order valence-electron chi connectivity index (χ0n) is 18.8. The highest BCUT2D eigenvalue weighted by Crippen LogP contribution is 2.39. The first kappa shape index (κ1) is 22.9. The van der Waals surface area contributed by atoms with Gasteiger partial charge in [0, 0.05) is 18.8 Å². The molecule has 1 atom stereocenters. The minimum absolute atomic E-state index is 0.0125. The number of hydrogen-bond donors (Lipinski definition) is 1. The Balaban J connectivity index is 1.50. The van der Waals surface area contributed by atoms with Gasteiger partial charge >= 0.3 is 12.2 Å². The van der Waals surface area contributed by atoms with Crippen LogP contribution in [0.4, 0.5) is 29.5 Å². The summed E-state index contributed by atoms with van der Waals surface area (Å²) in [5.74, 6) is 0.149. The molecule has 2 aromatic carbocycles. The Hall–Kier alpha value is -3.82. The molecular formula is C25H24F3N5O2. The molecule has 3 amide bonds. The fraction of sp³-hybridized carbons (Fsp3) is 0.320. The zero-order chi connectivity index (χ0) is 24.6. The number of nitrogens with zero attached hydrogens (tertiary/aromatic N) is 4. The number of anilines is 2. The molecule has 1 N–H and O–H groups in total. The molecule has 1 saturated heterocycles. The topological polar surface area (TPSA) is 70.5 Å². The molecule has 0 spiro atoms. The number of carbonyl (C=O) groups excluding carboxylic acids is 2. The van der Waals surface area contributed by atoms with Gasteiger partial charge in [-0.1, -0.05) is 36.4 Å². The van der Waals surface area contributed by atoms with Crippen LogP contribution < -0.4 is 10.2 Å². The van der Waals surface area contributed by atoms with Crippen molar-refractivity contribution in [3.63, 3.8) is 0 Å². The van der Waals surface area contributed by atoms with Crippen molar-refractivity contribution in [3.8, 4) is 0 Å². The molecule has 182 valence electrons. The van der Waals surface area contributed by atoms with Crippen LogP contribution in [-0.2, 0) is 12.7 Å². The van der Waals surface area contributed by atoms with Crippen LogP contribution in [0.1, 0.15) is 46.8 Å². The first-order valence-corrected chi connectivity index (χ1v) is 11.5. The van der Waals surface area contributed by atoms with Crippen LogP contribution in [0.25, 0.3) is 0 Å². The van der Waals surface area contributed by atoms with Crippen LogP contribution >= 0.6 is 0 Å². The Bertz CT molecular complexity index is 1240. The number of halogens is 3. The Morgan fingerprint density at radius 2 is 1.71 bits per heavy atom. The third-order valence-corrected chi connectivity index (χ3v) is 6.42. The molecule has 1 unspecified atom stereocenters. The second-order valence-corrected chi connectivity index (χ2v) is 8.72. The van der Waals surface area contributed by atoms with Gasteiger partial charge in [0.1, 0.15) is 11.4 Å². The second kappa shape index (κ2) is 9.09. The molecule has 0 bridgehead atoms. The summed E-state index contributed by atoms with van der Waals surface area (Å²) in [6, 6.07) is 12.7. The second-order valence-electron chi connectivity index (χ2n) is 8.72. The monoisotopic (exact) mass is 483 g/mol. The van der Waals surface area contributed by atoms with Crippen LogP contribution in [0.15, 0.2) is 60.8 Å². The summed E-state index contributed by atoms with van der Waals surface area (Å²) in [4.78, 5) is 30.1. The summed E-state index contributed by atoms with van der Waals surface area (Å²) in [6.45, 7) is 1.60. The molecule has 10 heteroatoms. The lowest BCUT2D eigenvalue weighted by molar-refractivity contribution is -0.137. The van der Waals surface area contributed by atoms with E-state index in [0.29, 0.717) is 31.0 Å². The van der Waals surface area contributed by atoms with Crippen molar-refractivity contribution in [2.75, 3.05) is 23.3 Å². The van der Waals surface area contributed by atoms with E-state index in [-0.39, 0.29) is 11.6 Å². The van der Waals surface area contributed by atoms with Crippen molar-refractivity contribution < 1.29 is 22.8 Å². The number of fused-ring (bicyclic) bond motifs is 1. The van der Waals surface area contributed by atoms with Gasteiger partial charge in [-0.2, -0.15) is 18.3 Å². The standard InChI is InChI=1S/C25H24F3N5O2/c26-25(27,28)18-10-7-11-19(14-18)30-24(35)33-21(17-8-3-1-4-9-17)16-32-22(33)20(15-29-32)23(34)31-12-5-2-6-13-31/h1,3-4,7-11,14-15,21H,2,5-6,12-13,16H2,(H,30,35). The van der Waals surface area contributed by atoms with Gasteiger partial charge in [-0.25, -0.2) is 9.48 Å². The summed E-state index contributed by atoms with van der Waals surface area (Å²) in [7, 11) is 0. The number of alkyl halides is 3. The van der Waals surface area contributed by atoms with Crippen molar-refractivity contribution in [2.45, 2.75) is 38.0 Å². The zero-order valence-corrected chi connectivity index (χ0v) is 18.8. The molecule has 1 fully saturated rings. The number of rotatable bonds is 3. The van der Waals surface area contributed by atoms with Crippen molar-refractivity contribution in [3.05, 3.63) is 77.5 Å². The molecular weight excluding hydrogens is 459 g/mol. The molecule has 7 nitrogen and oxygen atoms in total. The summed E-state index contributed by atoms with van der Waals surface area (Å²) >= 11 is 0. The summed E-state index contributed by atoms with van der Waals surface area (Å²) in [6.07, 6.45) is -0.160. The number of carbonyl (C=O) groups is 2. The van der Waals surface area contributed by atoms with E-state index in [1.807, 2.05) is 30.3 Å². The van der Waals surface area contributed by atoms with Gasteiger partial charge in [0.15, 0.2) is 0 Å². The van der Waals surface area contributed by atoms with E-state index in [4.69, 9.17) is 0 Å². The Morgan fingerprint density at radius 1 is 0.971 bits per heavy atom. The average Bonchev–Trinajstić information content (AvgIpc) is 3.44. The molecule has 0 radical (unpaired) electrons. The highest BCUT2D eigenvalue weighted by molar-refractivity contribution is 6.08. The minimum Gasteiger partial charge on any atom is -0.338 e. The van der Waals surface area contributed by atoms with Crippen LogP contribution in [0.5, 0.6) is 0 Å². The van der Waals surface area contributed by atoms with E-state index in [1.54, 1.807) is 9.58 Å². The van der Waals surface area contributed by atoms with E-state index in [1.165, 1.54) is 23.2 Å². The van der Waals surface area contributed by atoms with Gasteiger partial charge in [0.2, 0.25) is 0 Å². The maximum absolute atomic E-state index is 13.5. The number of piperidine rings is 1. The smallest absolute Gasteiger partial charge is 0.338 e. The SMILES string of the molecule is O=C(c1cnn2c1N(C(=O)Nc1cccc(C(F)(F)F)c1)C(c1ccccc1)C2)N1CCCCC1. The van der Waals surface area contributed by atoms with E-state index in [0.717, 1.165) is 37.0 Å². The fourth-order valence-electron chi connectivity index (χ4n) is 4.70. The summed E-state index contributed by atoms with van der Waals surface area (Å²) in [5, 5.41) is 6.97. The van der Waals surface area contributed by atoms with Crippen molar-refractivity contribution >= 4 is 23.4 Å². The molecule has 1 aromatic heterocycles. The van der Waals surface area contributed by atoms with Gasteiger partial charge < -0.3 is 10.2 Å². The normalized spacial score (nSPS) is 17.9. The lowest BCUT2D eigenvalue weighted by Gasteiger charge is -2.28. The number of aromatic nitrogens is 2. The van der Waals surface area contributed by atoms with Crippen LogP contribution in [0, 0.1) is 0 Å². The molecule has 0 aliphatic carbocycles. The average molecular weight is 483 g/mol. The number of hydrogen-bond acceptors (Lipinski definition) is 3. The molecule has 2 aliphatic heterocycles. The maximum Gasteiger partial charge on any atom is 0.416 e. The van der Waals surface area contributed by atoms with Gasteiger partial charge in [-0.3, -0.25) is 9.69 Å². The molecule has 5 rings (SSSR count). The van der Waals surface area contributed by atoms with Crippen molar-refractivity contribution in [1.82, 2.24) is 14.7 Å². The third kappa shape index (κ3) is 4.48. The van der Waals surface area contributed by atoms with Crippen molar-refractivity contribution in [1.29, 1.82) is 0 Å². The molecule has 3 heterocycles. The number of nitrogens with one attached hydrogen (secondary N) is 1. The van der Waals surface area contributed by atoms with E-state index >= 15 is 0 Å². The van der Waals surface area contributed by atoms with E-state index < -0.39 is 23.8 Å². The highest BCUT2D eigenvalue weighted by Gasteiger charge is 2.40. The van der Waals surface area contributed by atoms with Crippen LogP contribution in [0.3, 0.4) is 0 Å². The van der Waals surface area contributed by atoms with Gasteiger partial charge in [0.25, 0.3) is 5.91 Å². The first-order chi connectivity index (χ1) is 16.8. The first-order valence-electron chi connectivity index (χ1n) is 11.5. The van der Waals surface area contributed by atoms with Crippen LogP contribution in [0.2, 0.25) is 0 Å². The Labute approximate surface area is 200 Å². The van der Waals surface area contributed by atoms with Crippen LogP contribution in [-0.4, -0.2) is 39.7 Å². The number of likely N-dealkylation sites (tertiary alicyclic amines) is 1. The largest absolute Gasteiger partial charge is 0.416 e. The maximum atomic E-state index is 13.5. The lowest BCUT2D eigenvalue weighted by atomic mass is 10.1. The number of urea groups is 1. The molecule has 0 saturated carbocycles. The highest BCUT2D eigenvalue weighted by atomic mass is 19.4. The number of benzene rings is 2. The van der Waals surface area contributed by atoms with E-state index in [9.17, 15) is 22.8 Å². The van der Waals surface area contributed by atoms with Crippen molar-refractivity contribution in [2.24, 2.45) is 0 Å². The predicted molar refractivity (Wildman–Crippen MR) is 124 cm³/mol. The van der Waals surface area contributed by atoms with Gasteiger partial charge in [-0.15, -0.1) is 0 Å². The number of amides is 3. The summed E-state index contributed by atoms with van der Waals surface area (Å²) < 4.78 is 41.2. The minimum atomic E-state index is -4.53. The third-order valence-electron chi connectivity index (χ3n) is 6.42. The molecule has 3 aromatic rings. The predicted octanol–water partition coefficient (Wildman–Crippen LogP) is 5.32. The lowest BCUT2D eigenvalue weighted by Crippen LogP contribution is -2.39. The Kier molecular flexibility index (Phi) is 5.96. The molecule has 2 aliphatic rings. The molecule has 35 heavy (non-hydrogen) atoms. The quantitative estimate of drug-likeness (QED) is 0.548. The Morgan fingerprint density at radius 3 is 2.43 bits per heavy atom.